The molecule has 20 heavy (non-hydrogen) atoms. The fourth-order valence-corrected chi connectivity index (χ4v) is 5.42. The highest BCUT2D eigenvalue weighted by Crippen LogP contribution is 2.57. The predicted octanol–water partition coefficient (Wildman–Crippen LogP) is 2.48. The van der Waals surface area contributed by atoms with Crippen LogP contribution in [-0.4, -0.2) is 29.7 Å². The lowest BCUT2D eigenvalue weighted by atomic mass is 9.54. The Hall–Kier alpha value is -0.670. The molecule has 0 aromatic rings. The van der Waals surface area contributed by atoms with Crippen LogP contribution in [0.25, 0.3) is 0 Å². The average Bonchev–Trinajstić information content (AvgIpc) is 2.74. The van der Waals surface area contributed by atoms with Gasteiger partial charge in [0.25, 0.3) is 0 Å². The van der Waals surface area contributed by atoms with E-state index in [0.29, 0.717) is 30.1 Å². The van der Waals surface area contributed by atoms with Gasteiger partial charge in [0.15, 0.2) is 5.78 Å². The smallest absolute Gasteiger partial charge is 0.155 e. The van der Waals surface area contributed by atoms with Crippen molar-refractivity contribution in [1.82, 2.24) is 0 Å². The van der Waals surface area contributed by atoms with Crippen molar-refractivity contribution in [2.75, 3.05) is 6.61 Å². The van der Waals surface area contributed by atoms with Gasteiger partial charge < -0.3 is 9.84 Å². The molecule has 4 rings (SSSR count). The van der Waals surface area contributed by atoms with Gasteiger partial charge in [0.2, 0.25) is 0 Å². The second-order valence-corrected chi connectivity index (χ2v) is 7.51. The highest BCUT2D eigenvalue weighted by Gasteiger charge is 2.57. The van der Waals surface area contributed by atoms with Crippen LogP contribution in [0.2, 0.25) is 0 Å². The number of rotatable bonds is 0. The van der Waals surface area contributed by atoms with E-state index in [2.05, 4.69) is 6.92 Å². The van der Waals surface area contributed by atoms with E-state index in [4.69, 9.17) is 4.74 Å². The molecule has 2 saturated carbocycles. The van der Waals surface area contributed by atoms with E-state index >= 15 is 0 Å². The Kier molecular flexibility index (Phi) is 2.87. The summed E-state index contributed by atoms with van der Waals surface area (Å²) in [5.74, 6) is 2.19. The first-order valence-electron chi connectivity index (χ1n) is 8.12. The van der Waals surface area contributed by atoms with Crippen molar-refractivity contribution in [1.29, 1.82) is 0 Å². The zero-order chi connectivity index (χ0) is 13.9. The number of aliphatic hydroxyl groups excluding tert-OH is 1. The normalized spacial score (nSPS) is 51.0. The van der Waals surface area contributed by atoms with Gasteiger partial charge in [-0.25, -0.2) is 0 Å². The number of carbonyl (C=O) groups excluding carboxylic acids is 1. The second-order valence-electron chi connectivity index (χ2n) is 7.51. The summed E-state index contributed by atoms with van der Waals surface area (Å²) in [4.78, 5) is 11.6. The van der Waals surface area contributed by atoms with Gasteiger partial charge in [-0.15, -0.1) is 0 Å². The van der Waals surface area contributed by atoms with E-state index in [1.54, 1.807) is 0 Å². The first kappa shape index (κ1) is 13.0. The Balaban J connectivity index is 1.63. The summed E-state index contributed by atoms with van der Waals surface area (Å²) in [7, 11) is 0. The van der Waals surface area contributed by atoms with Crippen LogP contribution in [0.4, 0.5) is 0 Å². The first-order chi connectivity index (χ1) is 9.59. The van der Waals surface area contributed by atoms with Crippen molar-refractivity contribution in [3.05, 3.63) is 11.6 Å². The maximum atomic E-state index is 11.6. The SMILES string of the molecule is C[C@]12CC[C@H]3[C@@H](CCC4=CC(=O)CC[C@@H]43)[C@@H]1OC[C@@H]2O. The number of hydrogen-bond donors (Lipinski definition) is 1. The molecule has 1 heterocycles. The van der Waals surface area contributed by atoms with Crippen LogP contribution >= 0.6 is 0 Å². The zero-order valence-corrected chi connectivity index (χ0v) is 12.2. The molecule has 6 atom stereocenters. The van der Waals surface area contributed by atoms with E-state index in [0.717, 1.165) is 32.1 Å². The molecule has 0 amide bonds. The number of carbonyl (C=O) groups is 1. The van der Waals surface area contributed by atoms with Crippen LogP contribution in [-0.2, 0) is 9.53 Å². The maximum Gasteiger partial charge on any atom is 0.155 e. The Morgan fingerprint density at radius 1 is 1.25 bits per heavy atom. The van der Waals surface area contributed by atoms with Gasteiger partial charge in [-0.2, -0.15) is 0 Å². The summed E-state index contributed by atoms with van der Waals surface area (Å²) in [6.45, 7) is 2.72. The number of fused-ring (bicyclic) bond motifs is 5. The Bertz CT molecular complexity index is 469. The van der Waals surface area contributed by atoms with Gasteiger partial charge in [-0.1, -0.05) is 12.5 Å². The highest BCUT2D eigenvalue weighted by molar-refractivity contribution is 5.91. The third kappa shape index (κ3) is 1.69. The fraction of sp³-hybridized carbons (Fsp3) is 0.824. The molecular formula is C17H24O3. The monoisotopic (exact) mass is 276 g/mol. The lowest BCUT2D eigenvalue weighted by Crippen LogP contribution is -2.51. The van der Waals surface area contributed by atoms with Gasteiger partial charge in [0, 0.05) is 11.8 Å². The Labute approximate surface area is 120 Å². The summed E-state index contributed by atoms with van der Waals surface area (Å²) in [5, 5.41) is 10.3. The lowest BCUT2D eigenvalue weighted by Gasteiger charge is -2.52. The molecule has 1 aliphatic heterocycles. The minimum atomic E-state index is -0.293. The number of hydrogen-bond acceptors (Lipinski definition) is 3. The van der Waals surface area contributed by atoms with E-state index in [-0.39, 0.29) is 17.6 Å². The largest absolute Gasteiger partial charge is 0.390 e. The van der Waals surface area contributed by atoms with E-state index in [9.17, 15) is 9.90 Å². The summed E-state index contributed by atoms with van der Waals surface area (Å²) in [5.41, 5.74) is 1.37. The third-order valence-electron chi connectivity index (χ3n) is 6.61. The molecule has 0 bridgehead atoms. The van der Waals surface area contributed by atoms with E-state index in [1.165, 1.54) is 12.0 Å². The van der Waals surface area contributed by atoms with Crippen LogP contribution in [0.3, 0.4) is 0 Å². The summed E-state index contributed by atoms with van der Waals surface area (Å²) < 4.78 is 6.01. The molecule has 1 saturated heterocycles. The molecule has 3 aliphatic carbocycles. The molecule has 0 aromatic carbocycles. The van der Waals surface area contributed by atoms with Crippen molar-refractivity contribution in [3.63, 3.8) is 0 Å². The van der Waals surface area contributed by atoms with Crippen LogP contribution in [0, 0.1) is 23.2 Å². The molecular weight excluding hydrogens is 252 g/mol. The molecule has 0 aromatic heterocycles. The molecule has 4 aliphatic rings. The molecule has 0 spiro atoms. The molecule has 3 fully saturated rings. The summed E-state index contributed by atoms with van der Waals surface area (Å²) >= 11 is 0. The van der Waals surface area contributed by atoms with Crippen LogP contribution in [0.1, 0.15) is 45.4 Å². The number of allylic oxidation sites excluding steroid dienone is 2. The standard InChI is InChI=1S/C17H24O3/c1-17-7-6-13-12-5-3-11(18)8-10(12)2-4-14(13)16(17)20-9-15(17)19/h8,12-16,19H,2-7,9H2,1H3/t12-,13+,14+,15-,16-,17+/m0/s1. The van der Waals surface area contributed by atoms with Crippen LogP contribution in [0.15, 0.2) is 11.6 Å². The van der Waals surface area contributed by atoms with Crippen LogP contribution in [0.5, 0.6) is 0 Å². The molecule has 3 heteroatoms. The van der Waals surface area contributed by atoms with E-state index in [1.807, 2.05) is 6.08 Å². The van der Waals surface area contributed by atoms with Gasteiger partial charge in [0.1, 0.15) is 0 Å². The number of ketones is 1. The fourth-order valence-electron chi connectivity index (χ4n) is 5.42. The molecule has 110 valence electrons. The molecule has 3 nitrogen and oxygen atoms in total. The molecule has 0 unspecified atom stereocenters. The van der Waals surface area contributed by atoms with Gasteiger partial charge in [-0.05, 0) is 55.9 Å². The first-order valence-corrected chi connectivity index (χ1v) is 8.12. The van der Waals surface area contributed by atoms with E-state index < -0.39 is 0 Å². The Morgan fingerprint density at radius 3 is 2.95 bits per heavy atom. The molecule has 0 radical (unpaired) electrons. The minimum absolute atomic E-state index is 0.0349. The lowest BCUT2D eigenvalue weighted by molar-refractivity contribution is -0.116. The van der Waals surface area contributed by atoms with Crippen molar-refractivity contribution >= 4 is 5.78 Å². The van der Waals surface area contributed by atoms with Gasteiger partial charge >= 0.3 is 0 Å². The second kappa shape index (κ2) is 4.41. The minimum Gasteiger partial charge on any atom is -0.390 e. The highest BCUT2D eigenvalue weighted by atomic mass is 16.5. The zero-order valence-electron chi connectivity index (χ0n) is 12.2. The van der Waals surface area contributed by atoms with Crippen molar-refractivity contribution in [3.8, 4) is 0 Å². The third-order valence-corrected chi connectivity index (χ3v) is 6.61. The summed E-state index contributed by atoms with van der Waals surface area (Å²) in [6.07, 6.45) is 8.08. The van der Waals surface area contributed by atoms with Crippen LogP contribution < -0.4 is 0 Å². The van der Waals surface area contributed by atoms with Crippen molar-refractivity contribution in [2.45, 2.75) is 57.7 Å². The van der Waals surface area contributed by atoms with Gasteiger partial charge in [-0.3, -0.25) is 4.79 Å². The maximum absolute atomic E-state index is 11.6. The summed E-state index contributed by atoms with van der Waals surface area (Å²) in [6, 6.07) is 0. The average molecular weight is 276 g/mol. The van der Waals surface area contributed by atoms with Gasteiger partial charge in [0.05, 0.1) is 18.8 Å². The number of aliphatic hydroxyl groups is 1. The topological polar surface area (TPSA) is 46.5 Å². The van der Waals surface area contributed by atoms with Crippen molar-refractivity contribution in [2.24, 2.45) is 23.2 Å². The predicted molar refractivity (Wildman–Crippen MR) is 75.1 cm³/mol. The quantitative estimate of drug-likeness (QED) is 0.739. The van der Waals surface area contributed by atoms with Crippen molar-refractivity contribution < 1.29 is 14.6 Å². The Morgan fingerprint density at radius 2 is 2.10 bits per heavy atom. The molecule has 1 N–H and O–H groups in total. The number of ether oxygens (including phenoxy) is 1.